The lowest BCUT2D eigenvalue weighted by atomic mass is 10.2. The lowest BCUT2D eigenvalue weighted by Crippen LogP contribution is -2.47. The van der Waals surface area contributed by atoms with Crippen molar-refractivity contribution >= 4 is 12.0 Å². The predicted octanol–water partition coefficient (Wildman–Crippen LogP) is 1.50. The van der Waals surface area contributed by atoms with Crippen molar-refractivity contribution in [1.29, 1.82) is 0 Å². The average Bonchev–Trinajstić information content (AvgIpc) is 2.27. The highest BCUT2D eigenvalue weighted by Gasteiger charge is 2.18. The zero-order chi connectivity index (χ0) is 13.7. The van der Waals surface area contributed by atoms with Crippen LogP contribution >= 0.6 is 0 Å². The highest BCUT2D eigenvalue weighted by molar-refractivity contribution is 5.92. The Morgan fingerprint density at radius 2 is 2.17 bits per heavy atom. The number of carbonyl (C=O) groups is 2. The van der Waals surface area contributed by atoms with E-state index < -0.39 is 17.9 Å². The fourth-order valence-electron chi connectivity index (χ4n) is 1.25. The van der Waals surface area contributed by atoms with E-state index in [1.165, 1.54) is 12.1 Å². The van der Waals surface area contributed by atoms with Crippen molar-refractivity contribution in [2.45, 2.75) is 13.8 Å². The fourth-order valence-corrected chi connectivity index (χ4v) is 1.25. The van der Waals surface area contributed by atoms with Crippen LogP contribution in [-0.2, 0) is 0 Å². The molecule has 0 saturated heterocycles. The zero-order valence-corrected chi connectivity index (χ0v) is 10.1. The molecule has 0 aliphatic carbocycles. The number of nitrogens with one attached hydrogen (secondary N) is 1. The van der Waals surface area contributed by atoms with E-state index in [0.717, 1.165) is 11.1 Å². The molecule has 0 bridgehead atoms. The summed E-state index contributed by atoms with van der Waals surface area (Å²) in [5.41, 5.74) is 1.98. The summed E-state index contributed by atoms with van der Waals surface area (Å²) in [6, 6.07) is 3.72. The van der Waals surface area contributed by atoms with E-state index in [1.807, 2.05) is 13.8 Å². The molecule has 0 atom stereocenters. The van der Waals surface area contributed by atoms with Gasteiger partial charge in [0.1, 0.15) is 5.69 Å². The van der Waals surface area contributed by atoms with Crippen LogP contribution < -0.4 is 5.43 Å². The van der Waals surface area contributed by atoms with Gasteiger partial charge in [0, 0.05) is 6.54 Å². The molecule has 1 rings (SSSR count). The quantitative estimate of drug-likeness (QED) is 0.633. The van der Waals surface area contributed by atoms with Crippen molar-refractivity contribution in [2.75, 3.05) is 6.54 Å². The molecule has 0 aromatic carbocycles. The van der Waals surface area contributed by atoms with Gasteiger partial charge in [-0.05, 0) is 18.1 Å². The third kappa shape index (κ3) is 4.00. The molecule has 1 aromatic heterocycles. The molecule has 2 amide bonds. The van der Waals surface area contributed by atoms with Crippen molar-refractivity contribution in [2.24, 2.45) is 5.92 Å². The van der Waals surface area contributed by atoms with Crippen LogP contribution in [0.2, 0.25) is 0 Å². The van der Waals surface area contributed by atoms with Crippen molar-refractivity contribution in [3.63, 3.8) is 0 Å². The third-order valence-electron chi connectivity index (χ3n) is 1.96. The second-order valence-corrected chi connectivity index (χ2v) is 4.07. The molecule has 0 fully saturated rings. The van der Waals surface area contributed by atoms with Gasteiger partial charge in [0.2, 0.25) is 5.95 Å². The molecule has 0 saturated carbocycles. The van der Waals surface area contributed by atoms with Crippen LogP contribution in [0.15, 0.2) is 18.2 Å². The van der Waals surface area contributed by atoms with Gasteiger partial charge in [-0.2, -0.15) is 4.39 Å². The normalized spacial score (nSPS) is 10.2. The van der Waals surface area contributed by atoms with Crippen LogP contribution in [0.3, 0.4) is 0 Å². The van der Waals surface area contributed by atoms with Gasteiger partial charge in [-0.3, -0.25) is 10.2 Å². The van der Waals surface area contributed by atoms with E-state index >= 15 is 0 Å². The van der Waals surface area contributed by atoms with Gasteiger partial charge in [0.25, 0.3) is 5.91 Å². The van der Waals surface area contributed by atoms with E-state index in [9.17, 15) is 14.0 Å². The summed E-state index contributed by atoms with van der Waals surface area (Å²) in [6.45, 7) is 3.75. The van der Waals surface area contributed by atoms with Crippen LogP contribution in [0, 0.1) is 11.9 Å². The van der Waals surface area contributed by atoms with Crippen LogP contribution in [0.1, 0.15) is 24.3 Å². The molecule has 7 heteroatoms. The number of carbonyl (C=O) groups excluding carboxylic acids is 1. The Kier molecular flexibility index (Phi) is 4.59. The smallest absolute Gasteiger partial charge is 0.426 e. The van der Waals surface area contributed by atoms with Gasteiger partial charge in [-0.1, -0.05) is 19.9 Å². The van der Waals surface area contributed by atoms with Crippen LogP contribution in [0.4, 0.5) is 9.18 Å². The first-order chi connectivity index (χ1) is 8.40. The minimum Gasteiger partial charge on any atom is -0.464 e. The second kappa shape index (κ2) is 5.95. The number of hydrogen-bond acceptors (Lipinski definition) is 3. The Balaban J connectivity index is 2.75. The van der Waals surface area contributed by atoms with Gasteiger partial charge in [0.05, 0.1) is 0 Å². The molecule has 1 heterocycles. The molecule has 2 N–H and O–H groups in total. The molecule has 98 valence electrons. The van der Waals surface area contributed by atoms with Crippen LogP contribution in [0.25, 0.3) is 0 Å². The average molecular weight is 255 g/mol. The van der Waals surface area contributed by atoms with Crippen molar-refractivity contribution < 1.29 is 19.1 Å². The maximum absolute atomic E-state index is 12.8. The summed E-state index contributed by atoms with van der Waals surface area (Å²) in [6.07, 6.45) is -1.28. The van der Waals surface area contributed by atoms with E-state index in [4.69, 9.17) is 5.11 Å². The number of rotatable bonds is 3. The van der Waals surface area contributed by atoms with Gasteiger partial charge in [-0.25, -0.2) is 14.8 Å². The van der Waals surface area contributed by atoms with Gasteiger partial charge in [0.15, 0.2) is 0 Å². The summed E-state index contributed by atoms with van der Waals surface area (Å²) < 4.78 is 12.8. The lowest BCUT2D eigenvalue weighted by Gasteiger charge is -2.21. The van der Waals surface area contributed by atoms with Crippen LogP contribution in [-0.4, -0.2) is 33.6 Å². The summed E-state index contributed by atoms with van der Waals surface area (Å²) in [5.74, 6) is -1.52. The summed E-state index contributed by atoms with van der Waals surface area (Å²) in [5, 5.41) is 9.64. The number of nitrogens with zero attached hydrogens (tertiary/aromatic N) is 2. The Labute approximate surface area is 103 Å². The Morgan fingerprint density at radius 3 is 2.67 bits per heavy atom. The molecule has 18 heavy (non-hydrogen) atoms. The first-order valence-corrected chi connectivity index (χ1v) is 5.34. The second-order valence-electron chi connectivity index (χ2n) is 4.07. The number of hydrazine groups is 1. The maximum atomic E-state index is 12.8. The number of amides is 2. The van der Waals surface area contributed by atoms with E-state index in [2.05, 4.69) is 10.4 Å². The summed E-state index contributed by atoms with van der Waals surface area (Å²) in [7, 11) is 0. The topological polar surface area (TPSA) is 82.5 Å². The molecule has 0 spiro atoms. The number of carboxylic acid groups (broad SMARTS) is 1. The van der Waals surface area contributed by atoms with Gasteiger partial charge in [-0.15, -0.1) is 0 Å². The maximum Gasteiger partial charge on any atom is 0.426 e. The summed E-state index contributed by atoms with van der Waals surface area (Å²) >= 11 is 0. The molecule has 0 radical (unpaired) electrons. The highest BCUT2D eigenvalue weighted by atomic mass is 19.1. The Hall–Kier alpha value is -2.18. The number of halogens is 1. The molecular formula is C11H14FN3O3. The van der Waals surface area contributed by atoms with Crippen molar-refractivity contribution in [3.8, 4) is 0 Å². The Bertz CT molecular complexity index is 451. The minimum atomic E-state index is -1.28. The number of aromatic nitrogens is 1. The highest BCUT2D eigenvalue weighted by Crippen LogP contribution is 2.00. The largest absolute Gasteiger partial charge is 0.464 e. The Morgan fingerprint density at radius 1 is 1.50 bits per heavy atom. The molecule has 6 nitrogen and oxygen atoms in total. The van der Waals surface area contributed by atoms with Gasteiger partial charge >= 0.3 is 6.09 Å². The van der Waals surface area contributed by atoms with Crippen molar-refractivity contribution in [1.82, 2.24) is 15.4 Å². The molecule has 0 aliphatic rings. The predicted molar refractivity (Wildman–Crippen MR) is 61.2 cm³/mol. The standard InChI is InChI=1S/C11H14FN3O3/c1-7(2)6-15(11(17)18)14-10(16)8-4-3-5-9(12)13-8/h3-5,7H,6H2,1-2H3,(H,14,16)(H,17,18). The number of hydrogen-bond donors (Lipinski definition) is 2. The fraction of sp³-hybridized carbons (Fsp3) is 0.364. The third-order valence-corrected chi connectivity index (χ3v) is 1.96. The summed E-state index contributed by atoms with van der Waals surface area (Å²) in [4.78, 5) is 25.9. The lowest BCUT2D eigenvalue weighted by molar-refractivity contribution is 0.0726. The molecular weight excluding hydrogens is 241 g/mol. The SMILES string of the molecule is CC(C)CN(NC(=O)c1cccc(F)n1)C(=O)O. The van der Waals surface area contributed by atoms with Crippen molar-refractivity contribution in [3.05, 3.63) is 29.8 Å². The molecule has 1 aromatic rings. The monoisotopic (exact) mass is 255 g/mol. The molecule has 0 unspecified atom stereocenters. The zero-order valence-electron chi connectivity index (χ0n) is 10.1. The number of pyridine rings is 1. The van der Waals surface area contributed by atoms with E-state index in [-0.39, 0.29) is 18.2 Å². The first kappa shape index (κ1) is 13.9. The molecule has 0 aliphatic heterocycles. The van der Waals surface area contributed by atoms with Crippen LogP contribution in [0.5, 0.6) is 0 Å². The van der Waals surface area contributed by atoms with Gasteiger partial charge < -0.3 is 5.11 Å². The van der Waals surface area contributed by atoms with E-state index in [1.54, 1.807) is 0 Å². The first-order valence-electron chi connectivity index (χ1n) is 5.34. The minimum absolute atomic E-state index is 0.0434. The van der Waals surface area contributed by atoms with E-state index in [0.29, 0.717) is 0 Å².